The van der Waals surface area contributed by atoms with Gasteiger partial charge in [0.2, 0.25) is 13.6 Å². The molecule has 14 heteroatoms. The summed E-state index contributed by atoms with van der Waals surface area (Å²) >= 11 is 0. The topological polar surface area (TPSA) is 181 Å². The molecule has 0 aliphatic heterocycles. The van der Waals surface area contributed by atoms with Gasteiger partial charge in [-0.2, -0.15) is 0 Å². The van der Waals surface area contributed by atoms with Gasteiger partial charge in [-0.25, -0.2) is 9.59 Å². The van der Waals surface area contributed by atoms with E-state index in [0.29, 0.717) is 0 Å². The SMILES string of the molecule is CC(C)OC(=O)OCOP(=O)(CC(CCC(=O)O)C(=O)O)OCOC(=O)OC(C)C. The van der Waals surface area contributed by atoms with Crippen LogP contribution in [0.3, 0.4) is 0 Å². The Balaban J connectivity index is 5.04. The molecule has 30 heavy (non-hydrogen) atoms. The van der Waals surface area contributed by atoms with Crippen molar-refractivity contribution in [3.05, 3.63) is 0 Å². The van der Waals surface area contributed by atoms with Gasteiger partial charge in [0.25, 0.3) is 0 Å². The van der Waals surface area contributed by atoms with Crippen LogP contribution in [0.2, 0.25) is 0 Å². The van der Waals surface area contributed by atoms with Gasteiger partial charge in [-0.15, -0.1) is 0 Å². The van der Waals surface area contributed by atoms with E-state index in [9.17, 15) is 28.8 Å². The van der Waals surface area contributed by atoms with Crippen LogP contribution in [0.15, 0.2) is 0 Å². The van der Waals surface area contributed by atoms with Gasteiger partial charge < -0.3 is 29.2 Å². The van der Waals surface area contributed by atoms with Crippen molar-refractivity contribution in [1.29, 1.82) is 0 Å². The van der Waals surface area contributed by atoms with Crippen LogP contribution in [0.1, 0.15) is 40.5 Å². The number of hydrogen-bond donors (Lipinski definition) is 2. The summed E-state index contributed by atoms with van der Waals surface area (Å²) in [4.78, 5) is 44.8. The Kier molecular flexibility index (Phi) is 12.7. The molecule has 13 nitrogen and oxygen atoms in total. The standard InChI is InChI=1S/C16H27O13P/c1-10(2)28-15(21)24-8-26-30(23,27-9-25-16(22)29-11(3)4)7-12(14(19)20)5-6-13(17)18/h10-12H,5-9H2,1-4H3,(H,17,18)(H,19,20). The molecule has 2 N–H and O–H groups in total. The summed E-state index contributed by atoms with van der Waals surface area (Å²) in [5.74, 6) is -4.11. The van der Waals surface area contributed by atoms with Crippen molar-refractivity contribution < 1.29 is 62.0 Å². The minimum absolute atomic E-state index is 0.367. The quantitative estimate of drug-likeness (QED) is 0.220. The van der Waals surface area contributed by atoms with E-state index in [1.165, 1.54) is 0 Å². The molecule has 1 atom stereocenters. The first-order chi connectivity index (χ1) is 13.8. The molecule has 0 aliphatic rings. The molecule has 174 valence electrons. The molecule has 0 aromatic rings. The smallest absolute Gasteiger partial charge is 0.481 e. The van der Waals surface area contributed by atoms with Crippen molar-refractivity contribution in [2.24, 2.45) is 5.92 Å². The Morgan fingerprint density at radius 3 is 1.60 bits per heavy atom. The van der Waals surface area contributed by atoms with E-state index in [1.807, 2.05) is 0 Å². The van der Waals surface area contributed by atoms with E-state index in [1.54, 1.807) is 27.7 Å². The van der Waals surface area contributed by atoms with E-state index < -0.39 is 76.1 Å². The van der Waals surface area contributed by atoms with Crippen molar-refractivity contribution in [3.8, 4) is 0 Å². The fraction of sp³-hybridized carbons (Fsp3) is 0.750. The molecular weight excluding hydrogens is 431 g/mol. The molecule has 0 fully saturated rings. The van der Waals surface area contributed by atoms with E-state index >= 15 is 0 Å². The fourth-order valence-electron chi connectivity index (χ4n) is 1.77. The maximum Gasteiger partial charge on any atom is 0.510 e. The van der Waals surface area contributed by atoms with Gasteiger partial charge >= 0.3 is 31.8 Å². The summed E-state index contributed by atoms with van der Waals surface area (Å²) in [5.41, 5.74) is 0. The highest BCUT2D eigenvalue weighted by Crippen LogP contribution is 2.50. The lowest BCUT2D eigenvalue weighted by Crippen LogP contribution is -2.22. The number of aliphatic carboxylic acids is 2. The van der Waals surface area contributed by atoms with E-state index in [2.05, 4.69) is 18.9 Å². The van der Waals surface area contributed by atoms with Crippen molar-refractivity contribution in [2.75, 3.05) is 19.7 Å². The van der Waals surface area contributed by atoms with Crippen LogP contribution in [0, 0.1) is 5.92 Å². The lowest BCUT2D eigenvalue weighted by Gasteiger charge is -2.21. The Morgan fingerprint density at radius 1 is 0.833 bits per heavy atom. The maximum absolute atomic E-state index is 12.9. The zero-order chi connectivity index (χ0) is 23.3. The molecule has 0 radical (unpaired) electrons. The summed E-state index contributed by atoms with van der Waals surface area (Å²) in [6.07, 6.45) is -4.88. The first-order valence-electron chi connectivity index (χ1n) is 8.84. The Bertz CT molecular complexity index is 599. The third-order valence-corrected chi connectivity index (χ3v) is 4.90. The predicted octanol–water partition coefficient (Wildman–Crippen LogP) is 2.82. The summed E-state index contributed by atoms with van der Waals surface area (Å²) in [5, 5.41) is 18.0. The van der Waals surface area contributed by atoms with E-state index in [4.69, 9.17) is 14.2 Å². The van der Waals surface area contributed by atoms with Gasteiger partial charge in [-0.05, 0) is 34.1 Å². The molecule has 0 aromatic heterocycles. The Labute approximate surface area is 173 Å². The summed E-state index contributed by atoms with van der Waals surface area (Å²) < 4.78 is 41.1. The van der Waals surface area contributed by atoms with E-state index in [0.717, 1.165) is 0 Å². The zero-order valence-electron chi connectivity index (χ0n) is 17.1. The molecule has 0 saturated carbocycles. The number of carboxylic acid groups (broad SMARTS) is 2. The van der Waals surface area contributed by atoms with Crippen molar-refractivity contribution in [3.63, 3.8) is 0 Å². The van der Waals surface area contributed by atoms with Crippen LogP contribution in [0.4, 0.5) is 9.59 Å². The second-order valence-corrected chi connectivity index (χ2v) is 8.48. The average Bonchev–Trinajstić information content (AvgIpc) is 2.56. The van der Waals surface area contributed by atoms with Crippen LogP contribution in [-0.4, -0.2) is 66.4 Å². The fourth-order valence-corrected chi connectivity index (χ4v) is 3.36. The molecular formula is C16H27O13P. The van der Waals surface area contributed by atoms with Gasteiger partial charge in [0.05, 0.1) is 24.3 Å². The largest absolute Gasteiger partial charge is 0.510 e. The third kappa shape index (κ3) is 13.7. The zero-order valence-corrected chi connectivity index (χ0v) is 18.0. The first-order valence-corrected chi connectivity index (χ1v) is 10.6. The first kappa shape index (κ1) is 27.6. The van der Waals surface area contributed by atoms with E-state index in [-0.39, 0.29) is 6.42 Å². The number of carbonyl (C=O) groups excluding carboxylic acids is 2. The minimum atomic E-state index is -4.31. The second kappa shape index (κ2) is 13.8. The molecule has 0 rings (SSSR count). The highest BCUT2D eigenvalue weighted by atomic mass is 31.2. The van der Waals surface area contributed by atoms with Gasteiger partial charge in [-0.1, -0.05) is 0 Å². The van der Waals surface area contributed by atoms with Crippen molar-refractivity contribution in [1.82, 2.24) is 0 Å². The molecule has 1 unspecified atom stereocenters. The molecule has 0 spiro atoms. The molecule has 0 bridgehead atoms. The van der Waals surface area contributed by atoms with Crippen LogP contribution in [0.5, 0.6) is 0 Å². The van der Waals surface area contributed by atoms with Crippen LogP contribution in [0.25, 0.3) is 0 Å². The predicted molar refractivity (Wildman–Crippen MR) is 97.8 cm³/mol. The minimum Gasteiger partial charge on any atom is -0.481 e. The lowest BCUT2D eigenvalue weighted by atomic mass is 10.1. The number of carbonyl (C=O) groups is 4. The highest BCUT2D eigenvalue weighted by molar-refractivity contribution is 7.53. The van der Waals surface area contributed by atoms with Crippen LogP contribution in [-0.2, 0) is 42.1 Å². The third-order valence-electron chi connectivity index (χ3n) is 3.02. The summed E-state index contributed by atoms with van der Waals surface area (Å²) in [6.45, 7) is 4.41. The molecule has 0 amide bonds. The maximum atomic E-state index is 12.9. The molecule has 0 aliphatic carbocycles. The van der Waals surface area contributed by atoms with Crippen LogP contribution >= 0.6 is 7.60 Å². The highest BCUT2D eigenvalue weighted by Gasteiger charge is 2.34. The number of hydrogen-bond acceptors (Lipinski definition) is 11. The Hall–Kier alpha value is -2.37. The molecule has 0 saturated heterocycles. The van der Waals surface area contributed by atoms with Crippen LogP contribution < -0.4 is 0 Å². The van der Waals surface area contributed by atoms with Crippen molar-refractivity contribution >= 4 is 31.8 Å². The Morgan fingerprint density at radius 2 is 1.27 bits per heavy atom. The molecule has 0 heterocycles. The number of ether oxygens (including phenoxy) is 4. The van der Waals surface area contributed by atoms with Gasteiger partial charge in [-0.3, -0.25) is 23.2 Å². The van der Waals surface area contributed by atoms with Gasteiger partial charge in [0.1, 0.15) is 0 Å². The monoisotopic (exact) mass is 458 g/mol. The average molecular weight is 458 g/mol. The van der Waals surface area contributed by atoms with Crippen molar-refractivity contribution in [2.45, 2.75) is 52.7 Å². The summed E-state index contributed by atoms with van der Waals surface area (Å²) in [7, 11) is -4.31. The van der Waals surface area contributed by atoms with Gasteiger partial charge in [0.15, 0.2) is 0 Å². The lowest BCUT2D eigenvalue weighted by molar-refractivity contribution is -0.142. The number of rotatable bonds is 14. The second-order valence-electron chi connectivity index (χ2n) is 6.38. The molecule has 0 aromatic carbocycles. The normalized spacial score (nSPS) is 12.3. The summed E-state index contributed by atoms with van der Waals surface area (Å²) in [6, 6.07) is 0. The number of carboxylic acids is 2. The van der Waals surface area contributed by atoms with Gasteiger partial charge in [0, 0.05) is 6.42 Å².